The summed E-state index contributed by atoms with van der Waals surface area (Å²) < 4.78 is 0. The standard InChI is InChI=1S/C12H20N4/c1-8-9(2)15-12(10(3)14-8)16-6-4-11(13)5-7-16/h11H,4-7,13H2,1-3H3. The molecule has 1 fully saturated rings. The molecule has 16 heavy (non-hydrogen) atoms. The molecule has 2 rings (SSSR count). The second-order valence-corrected chi connectivity index (χ2v) is 4.63. The SMILES string of the molecule is Cc1nc(C)c(N2CCC(N)CC2)nc1C. The highest BCUT2D eigenvalue weighted by molar-refractivity contribution is 5.44. The average Bonchev–Trinajstić information content (AvgIpc) is 2.25. The first-order valence-corrected chi connectivity index (χ1v) is 5.90. The van der Waals surface area contributed by atoms with Crippen LogP contribution in [0.1, 0.15) is 29.9 Å². The average molecular weight is 220 g/mol. The third-order valence-corrected chi connectivity index (χ3v) is 3.30. The lowest BCUT2D eigenvalue weighted by Crippen LogP contribution is -2.40. The van der Waals surface area contributed by atoms with Crippen molar-refractivity contribution in [3.63, 3.8) is 0 Å². The Hall–Kier alpha value is -1.16. The van der Waals surface area contributed by atoms with Gasteiger partial charge in [0.05, 0.1) is 17.1 Å². The molecule has 0 spiro atoms. The van der Waals surface area contributed by atoms with Crippen molar-refractivity contribution in [2.75, 3.05) is 18.0 Å². The predicted octanol–water partition coefficient (Wildman–Crippen LogP) is 1.33. The van der Waals surface area contributed by atoms with Crippen LogP contribution < -0.4 is 10.6 Å². The number of hydrogen-bond acceptors (Lipinski definition) is 4. The second-order valence-electron chi connectivity index (χ2n) is 4.63. The minimum absolute atomic E-state index is 0.357. The van der Waals surface area contributed by atoms with Crippen LogP contribution in [0, 0.1) is 20.8 Å². The molecule has 1 aromatic heterocycles. The number of rotatable bonds is 1. The molecule has 0 bridgehead atoms. The van der Waals surface area contributed by atoms with Gasteiger partial charge in [-0.15, -0.1) is 0 Å². The molecular formula is C12H20N4. The van der Waals surface area contributed by atoms with Crippen LogP contribution in [0.4, 0.5) is 5.82 Å². The minimum Gasteiger partial charge on any atom is -0.355 e. The molecule has 0 saturated carbocycles. The molecule has 0 aromatic carbocycles. The highest BCUT2D eigenvalue weighted by atomic mass is 15.2. The zero-order valence-corrected chi connectivity index (χ0v) is 10.3. The van der Waals surface area contributed by atoms with Gasteiger partial charge in [-0.25, -0.2) is 4.98 Å². The van der Waals surface area contributed by atoms with E-state index >= 15 is 0 Å². The third-order valence-electron chi connectivity index (χ3n) is 3.30. The highest BCUT2D eigenvalue weighted by Gasteiger charge is 2.19. The molecule has 0 radical (unpaired) electrons. The van der Waals surface area contributed by atoms with Crippen LogP contribution >= 0.6 is 0 Å². The van der Waals surface area contributed by atoms with Crippen molar-refractivity contribution in [2.45, 2.75) is 39.7 Å². The molecule has 4 nitrogen and oxygen atoms in total. The number of nitrogens with two attached hydrogens (primary N) is 1. The van der Waals surface area contributed by atoms with Crippen LogP contribution in [0.5, 0.6) is 0 Å². The van der Waals surface area contributed by atoms with E-state index in [9.17, 15) is 0 Å². The van der Waals surface area contributed by atoms with Crippen LogP contribution in [-0.2, 0) is 0 Å². The van der Waals surface area contributed by atoms with Crippen molar-refractivity contribution >= 4 is 5.82 Å². The van der Waals surface area contributed by atoms with E-state index in [-0.39, 0.29) is 0 Å². The Kier molecular flexibility index (Phi) is 3.10. The summed E-state index contributed by atoms with van der Waals surface area (Å²) in [5.41, 5.74) is 8.98. The molecule has 0 unspecified atom stereocenters. The Bertz CT molecular complexity index is 381. The molecule has 0 amide bonds. The van der Waals surface area contributed by atoms with E-state index in [0.29, 0.717) is 6.04 Å². The fraction of sp³-hybridized carbons (Fsp3) is 0.667. The maximum atomic E-state index is 5.90. The summed E-state index contributed by atoms with van der Waals surface area (Å²) in [6, 6.07) is 0.357. The van der Waals surface area contributed by atoms with E-state index in [1.807, 2.05) is 20.8 Å². The Morgan fingerprint density at radius 3 is 2.19 bits per heavy atom. The topological polar surface area (TPSA) is 55.0 Å². The highest BCUT2D eigenvalue weighted by Crippen LogP contribution is 2.21. The van der Waals surface area contributed by atoms with Gasteiger partial charge in [0, 0.05) is 19.1 Å². The molecule has 1 aliphatic rings. The first-order valence-electron chi connectivity index (χ1n) is 5.90. The van der Waals surface area contributed by atoms with Gasteiger partial charge in [0.25, 0.3) is 0 Å². The molecule has 0 atom stereocenters. The summed E-state index contributed by atoms with van der Waals surface area (Å²) >= 11 is 0. The Morgan fingerprint density at radius 1 is 1.00 bits per heavy atom. The first kappa shape index (κ1) is 11.3. The number of anilines is 1. The van der Waals surface area contributed by atoms with E-state index in [1.54, 1.807) is 0 Å². The molecule has 0 aliphatic carbocycles. The number of aryl methyl sites for hydroxylation is 3. The van der Waals surface area contributed by atoms with Gasteiger partial charge < -0.3 is 10.6 Å². The van der Waals surface area contributed by atoms with Gasteiger partial charge in [-0.05, 0) is 33.6 Å². The predicted molar refractivity (Wildman–Crippen MR) is 65.7 cm³/mol. The summed E-state index contributed by atoms with van der Waals surface area (Å²) in [6.45, 7) is 8.05. The lowest BCUT2D eigenvalue weighted by atomic mass is 10.1. The van der Waals surface area contributed by atoms with E-state index in [0.717, 1.165) is 48.8 Å². The summed E-state index contributed by atoms with van der Waals surface area (Å²) in [7, 11) is 0. The minimum atomic E-state index is 0.357. The largest absolute Gasteiger partial charge is 0.355 e. The van der Waals surface area contributed by atoms with E-state index in [1.165, 1.54) is 0 Å². The van der Waals surface area contributed by atoms with Crippen molar-refractivity contribution in [1.82, 2.24) is 9.97 Å². The molecule has 88 valence electrons. The number of piperidine rings is 1. The van der Waals surface area contributed by atoms with E-state index in [2.05, 4.69) is 14.9 Å². The molecule has 1 aromatic rings. The Labute approximate surface area is 96.9 Å². The van der Waals surface area contributed by atoms with Crippen LogP contribution in [0.25, 0.3) is 0 Å². The molecule has 4 heteroatoms. The van der Waals surface area contributed by atoms with Crippen molar-refractivity contribution in [1.29, 1.82) is 0 Å². The van der Waals surface area contributed by atoms with Crippen LogP contribution in [0.2, 0.25) is 0 Å². The van der Waals surface area contributed by atoms with Crippen LogP contribution in [0.15, 0.2) is 0 Å². The van der Waals surface area contributed by atoms with Gasteiger partial charge in [-0.3, -0.25) is 4.98 Å². The van der Waals surface area contributed by atoms with Gasteiger partial charge in [0.2, 0.25) is 0 Å². The van der Waals surface area contributed by atoms with Gasteiger partial charge >= 0.3 is 0 Å². The molecule has 2 heterocycles. The summed E-state index contributed by atoms with van der Waals surface area (Å²) in [4.78, 5) is 11.5. The summed E-state index contributed by atoms with van der Waals surface area (Å²) in [5.74, 6) is 1.04. The molecule has 1 saturated heterocycles. The normalized spacial score (nSPS) is 17.9. The number of nitrogens with zero attached hydrogens (tertiary/aromatic N) is 3. The number of hydrogen-bond donors (Lipinski definition) is 1. The van der Waals surface area contributed by atoms with Gasteiger partial charge in [-0.2, -0.15) is 0 Å². The van der Waals surface area contributed by atoms with Crippen molar-refractivity contribution in [3.05, 3.63) is 17.1 Å². The van der Waals surface area contributed by atoms with Crippen molar-refractivity contribution < 1.29 is 0 Å². The second kappa shape index (κ2) is 4.37. The zero-order chi connectivity index (χ0) is 11.7. The molecule has 1 aliphatic heterocycles. The third kappa shape index (κ3) is 2.16. The smallest absolute Gasteiger partial charge is 0.150 e. The zero-order valence-electron chi connectivity index (χ0n) is 10.3. The Balaban J connectivity index is 2.23. The van der Waals surface area contributed by atoms with Gasteiger partial charge in [0.15, 0.2) is 0 Å². The van der Waals surface area contributed by atoms with Gasteiger partial charge in [0.1, 0.15) is 5.82 Å². The lowest BCUT2D eigenvalue weighted by Gasteiger charge is -2.32. The fourth-order valence-corrected chi connectivity index (χ4v) is 2.11. The summed E-state index contributed by atoms with van der Waals surface area (Å²) in [6.07, 6.45) is 2.10. The first-order chi connectivity index (χ1) is 7.58. The van der Waals surface area contributed by atoms with E-state index in [4.69, 9.17) is 5.73 Å². The van der Waals surface area contributed by atoms with Crippen molar-refractivity contribution in [3.8, 4) is 0 Å². The van der Waals surface area contributed by atoms with Crippen molar-refractivity contribution in [2.24, 2.45) is 5.73 Å². The van der Waals surface area contributed by atoms with E-state index < -0.39 is 0 Å². The maximum absolute atomic E-state index is 5.90. The number of aromatic nitrogens is 2. The van der Waals surface area contributed by atoms with Gasteiger partial charge in [-0.1, -0.05) is 0 Å². The molecular weight excluding hydrogens is 200 g/mol. The van der Waals surface area contributed by atoms with Crippen LogP contribution in [-0.4, -0.2) is 29.1 Å². The van der Waals surface area contributed by atoms with Crippen LogP contribution in [0.3, 0.4) is 0 Å². The Morgan fingerprint density at radius 2 is 1.56 bits per heavy atom. The monoisotopic (exact) mass is 220 g/mol. The molecule has 2 N–H and O–H groups in total. The summed E-state index contributed by atoms with van der Waals surface area (Å²) in [5, 5.41) is 0. The lowest BCUT2D eigenvalue weighted by molar-refractivity contribution is 0.497. The fourth-order valence-electron chi connectivity index (χ4n) is 2.11. The maximum Gasteiger partial charge on any atom is 0.150 e. The quantitative estimate of drug-likeness (QED) is 0.775.